The van der Waals surface area contributed by atoms with Gasteiger partial charge in [0.05, 0.1) is 0 Å². The molecule has 0 spiro atoms. The molecule has 3 rings (SSSR count). The molecule has 2 heterocycles. The number of nitro groups is 1. The van der Waals surface area contributed by atoms with Crippen LogP contribution in [-0.2, 0) is 9.59 Å². The molecule has 1 aromatic heterocycles. The number of fused-ring (bicyclic) bond motifs is 1. The fourth-order valence-electron chi connectivity index (χ4n) is 2.33. The van der Waals surface area contributed by atoms with E-state index in [2.05, 4.69) is 5.32 Å². The van der Waals surface area contributed by atoms with Gasteiger partial charge in [-0.3, -0.25) is 0 Å². The molecule has 0 saturated carbocycles. The summed E-state index contributed by atoms with van der Waals surface area (Å²) < 4.78 is 1.94. The summed E-state index contributed by atoms with van der Waals surface area (Å²) in [6.07, 6.45) is 0.411. The van der Waals surface area contributed by atoms with Crippen molar-refractivity contribution >= 4 is 41.9 Å². The number of piperidine rings is 1. The summed E-state index contributed by atoms with van der Waals surface area (Å²) in [7, 11) is 0. The van der Waals surface area contributed by atoms with Gasteiger partial charge in [0.1, 0.15) is 0 Å². The van der Waals surface area contributed by atoms with Crippen LogP contribution < -0.4 is 10.9 Å². The Bertz CT molecular complexity index is 837. The van der Waals surface area contributed by atoms with Crippen LogP contribution >= 0.6 is 0 Å². The van der Waals surface area contributed by atoms with Gasteiger partial charge in [-0.1, -0.05) is 0 Å². The zero-order valence-corrected chi connectivity index (χ0v) is 12.3. The molecule has 1 aliphatic heterocycles. The Morgan fingerprint density at radius 2 is 2.10 bits per heavy atom. The van der Waals surface area contributed by atoms with Crippen molar-refractivity contribution < 1.29 is 14.5 Å². The Balaban J connectivity index is 2.17. The molecule has 108 valence electrons. The van der Waals surface area contributed by atoms with Crippen molar-refractivity contribution in [2.24, 2.45) is 0 Å². The number of aromatic nitrogens is 1. The molecular formula is C12H9N3O5Se. The van der Waals surface area contributed by atoms with Gasteiger partial charge in [-0.25, -0.2) is 0 Å². The second-order valence-electron chi connectivity index (χ2n) is 4.60. The summed E-state index contributed by atoms with van der Waals surface area (Å²) in [6.45, 7) is 0. The van der Waals surface area contributed by atoms with E-state index in [1.807, 2.05) is 0 Å². The van der Waals surface area contributed by atoms with E-state index in [1.165, 1.54) is 15.7 Å². The standard InChI is InChI=1S/C12H9N3O5Se/c16-9-5-4-7(11(17)13-9)14-12(18)10-6(15(19)20)2-1-3-8(10)21-14/h1-3,7H,4-5H2,(H,13,16,17). The molecule has 1 N–H and O–H groups in total. The molecule has 1 unspecified atom stereocenters. The fraction of sp³-hybridized carbons (Fsp3) is 0.250. The van der Waals surface area contributed by atoms with Crippen molar-refractivity contribution in [3.05, 3.63) is 38.7 Å². The Hall–Kier alpha value is -2.25. The minimum absolute atomic E-state index is 0.0622. The molecule has 9 heteroatoms. The SMILES string of the molecule is O=C1CCC(n2[se]c3cccc([N+](=O)[O-])c3c2=O)C(=O)N1. The van der Waals surface area contributed by atoms with E-state index >= 15 is 0 Å². The maximum atomic E-state index is 12.4. The van der Waals surface area contributed by atoms with E-state index in [4.69, 9.17) is 0 Å². The van der Waals surface area contributed by atoms with Crippen molar-refractivity contribution in [1.29, 1.82) is 0 Å². The van der Waals surface area contributed by atoms with Crippen LogP contribution in [-0.4, -0.2) is 35.0 Å². The van der Waals surface area contributed by atoms with Crippen LogP contribution in [0.25, 0.3) is 9.65 Å². The number of nitrogens with one attached hydrogen (secondary N) is 1. The van der Waals surface area contributed by atoms with Crippen LogP contribution in [0.1, 0.15) is 18.9 Å². The van der Waals surface area contributed by atoms with E-state index in [9.17, 15) is 24.5 Å². The van der Waals surface area contributed by atoms with Crippen molar-refractivity contribution in [3.8, 4) is 0 Å². The second-order valence-corrected chi connectivity index (χ2v) is 6.73. The third-order valence-electron chi connectivity index (χ3n) is 3.30. The number of nitrogens with zero attached hydrogens (tertiary/aromatic N) is 2. The second kappa shape index (κ2) is 4.94. The van der Waals surface area contributed by atoms with Crippen LogP contribution in [0, 0.1) is 10.1 Å². The van der Waals surface area contributed by atoms with Crippen molar-refractivity contribution in [2.75, 3.05) is 0 Å². The first-order valence-corrected chi connectivity index (χ1v) is 7.74. The van der Waals surface area contributed by atoms with Crippen molar-refractivity contribution in [3.63, 3.8) is 0 Å². The van der Waals surface area contributed by atoms with E-state index in [0.29, 0.717) is 4.26 Å². The van der Waals surface area contributed by atoms with Crippen LogP contribution in [0.2, 0.25) is 0 Å². The van der Waals surface area contributed by atoms with Gasteiger partial charge in [0.2, 0.25) is 0 Å². The minimum atomic E-state index is -0.734. The molecule has 21 heavy (non-hydrogen) atoms. The number of carbonyl (C=O) groups excluding carboxylic acids is 2. The fourth-order valence-corrected chi connectivity index (χ4v) is 4.72. The van der Waals surface area contributed by atoms with Gasteiger partial charge in [-0.2, -0.15) is 0 Å². The predicted molar refractivity (Wildman–Crippen MR) is 73.2 cm³/mol. The maximum absolute atomic E-state index is 12.4. The van der Waals surface area contributed by atoms with Gasteiger partial charge in [-0.15, -0.1) is 0 Å². The number of carbonyl (C=O) groups is 2. The quantitative estimate of drug-likeness (QED) is 0.352. The van der Waals surface area contributed by atoms with E-state index in [0.717, 1.165) is 0 Å². The summed E-state index contributed by atoms with van der Waals surface area (Å²) in [5.41, 5.74) is -0.749. The van der Waals surface area contributed by atoms with E-state index < -0.39 is 37.2 Å². The number of non-ortho nitro benzene ring substituents is 1. The Labute approximate surface area is 123 Å². The third-order valence-corrected chi connectivity index (χ3v) is 5.73. The number of hydrogen-bond donors (Lipinski definition) is 1. The van der Waals surface area contributed by atoms with Crippen LogP contribution in [0.15, 0.2) is 23.0 Å². The van der Waals surface area contributed by atoms with Crippen molar-refractivity contribution in [1.82, 2.24) is 8.88 Å². The molecule has 0 bridgehead atoms. The Morgan fingerprint density at radius 3 is 2.76 bits per heavy atom. The van der Waals surface area contributed by atoms with Crippen LogP contribution in [0.3, 0.4) is 0 Å². The van der Waals surface area contributed by atoms with Crippen molar-refractivity contribution in [2.45, 2.75) is 18.9 Å². The summed E-state index contributed by atoms with van der Waals surface area (Å²) in [4.78, 5) is 45.9. The number of rotatable bonds is 2. The van der Waals surface area contributed by atoms with Gasteiger partial charge < -0.3 is 0 Å². The number of hydrogen-bond acceptors (Lipinski definition) is 5. The Kier molecular flexibility index (Phi) is 3.23. The van der Waals surface area contributed by atoms with Crippen LogP contribution in [0.4, 0.5) is 5.69 Å². The summed E-state index contributed by atoms with van der Waals surface area (Å²) in [5.74, 6) is -0.879. The summed E-state index contributed by atoms with van der Waals surface area (Å²) in [5, 5.41) is 13.3. The molecule has 1 aromatic carbocycles. The van der Waals surface area contributed by atoms with Gasteiger partial charge in [0, 0.05) is 0 Å². The molecule has 0 aliphatic carbocycles. The molecule has 2 amide bonds. The van der Waals surface area contributed by atoms with E-state index in [-0.39, 0.29) is 29.8 Å². The molecule has 1 fully saturated rings. The zero-order valence-electron chi connectivity index (χ0n) is 10.6. The zero-order chi connectivity index (χ0) is 15.1. The first kappa shape index (κ1) is 13.7. The first-order valence-electron chi connectivity index (χ1n) is 6.11. The topological polar surface area (TPSA) is 111 Å². The predicted octanol–water partition coefficient (Wildman–Crippen LogP) is -0.0556. The molecule has 2 aromatic rings. The summed E-state index contributed by atoms with van der Waals surface area (Å²) in [6, 6.07) is 3.73. The Morgan fingerprint density at radius 1 is 1.33 bits per heavy atom. The molecule has 0 radical (unpaired) electrons. The first-order chi connectivity index (χ1) is 9.99. The molecular weight excluding hydrogens is 345 g/mol. The van der Waals surface area contributed by atoms with Gasteiger partial charge in [0.15, 0.2) is 0 Å². The van der Waals surface area contributed by atoms with Gasteiger partial charge in [-0.05, 0) is 0 Å². The number of imide groups is 1. The average molecular weight is 354 g/mol. The van der Waals surface area contributed by atoms with Gasteiger partial charge in [0.25, 0.3) is 0 Å². The normalized spacial score (nSPS) is 18.8. The summed E-state index contributed by atoms with van der Waals surface area (Å²) >= 11 is -0.499. The van der Waals surface area contributed by atoms with Gasteiger partial charge >= 0.3 is 123 Å². The monoisotopic (exact) mass is 355 g/mol. The molecule has 8 nitrogen and oxygen atoms in total. The number of benzene rings is 1. The average Bonchev–Trinajstić information content (AvgIpc) is 2.76. The number of amides is 2. The number of nitro benzene ring substituents is 1. The third kappa shape index (κ3) is 2.20. The van der Waals surface area contributed by atoms with E-state index in [1.54, 1.807) is 6.07 Å². The molecule has 1 aliphatic rings. The molecule has 1 saturated heterocycles. The van der Waals surface area contributed by atoms with Crippen LogP contribution in [0.5, 0.6) is 0 Å². The molecule has 1 atom stereocenters.